The number of hydrogen-bond acceptors (Lipinski definition) is 4. The summed E-state index contributed by atoms with van der Waals surface area (Å²) in [5.74, 6) is 0. The third-order valence-electron chi connectivity index (χ3n) is 4.27. The Labute approximate surface area is 130 Å². The number of unbranched alkanes of at least 4 members (excludes halogenated alkanes) is 4. The maximum atomic E-state index is 13.8. The van der Waals surface area contributed by atoms with Crippen molar-refractivity contribution in [2.24, 2.45) is 0 Å². The molecule has 4 nitrogen and oxygen atoms in total. The van der Waals surface area contributed by atoms with E-state index in [1.165, 1.54) is 0 Å². The predicted molar refractivity (Wildman–Crippen MR) is 86.4 cm³/mol. The van der Waals surface area contributed by atoms with Gasteiger partial charge in [0, 0.05) is 0 Å². The first-order valence-corrected chi connectivity index (χ1v) is 13.3. The van der Waals surface area contributed by atoms with Crippen LogP contribution in [0.2, 0.25) is 15.4 Å². The maximum absolute atomic E-state index is 13.8. The van der Waals surface area contributed by atoms with Crippen LogP contribution in [0.4, 0.5) is 0 Å². The summed E-state index contributed by atoms with van der Waals surface area (Å²) in [7, 11) is 0. The molecule has 0 aromatic carbocycles. The molecule has 0 aliphatic heterocycles. The van der Waals surface area contributed by atoms with E-state index in [0.717, 1.165) is 51.4 Å². The molecule has 0 saturated carbocycles. The Bertz CT molecular complexity index is 378. The molecular weight excluding hydrogens is 305 g/mol. The molecule has 3 N–H and O–H groups in total. The molecule has 0 aliphatic rings. The van der Waals surface area contributed by atoms with Crippen LogP contribution in [-0.2, 0) is 23.0 Å². The van der Waals surface area contributed by atoms with Crippen molar-refractivity contribution in [3.63, 3.8) is 0 Å². The van der Waals surface area contributed by atoms with Crippen molar-refractivity contribution in [2.75, 3.05) is 6.61 Å². The van der Waals surface area contributed by atoms with E-state index in [9.17, 15) is 7.35 Å². The Kier molecular flexibility index (Phi) is 10.3. The van der Waals surface area contributed by atoms with Gasteiger partial charge in [0.2, 0.25) is 0 Å². The number of rotatable bonds is 13. The Morgan fingerprint density at radius 2 is 1.00 bits per heavy atom. The molecule has 0 unspecified atom stereocenters. The second-order valence-corrected chi connectivity index (χ2v) is 15.4. The fourth-order valence-electron chi connectivity index (χ4n) is 2.73. The molecule has 0 rings (SSSR count). The third-order valence-corrected chi connectivity index (χ3v) is 12.8. The molecule has 0 fully saturated rings. The monoisotopic (exact) mass is 344 g/mol. The minimum Gasteiger partial charge on any atom is -0.344 e. The van der Waals surface area contributed by atoms with E-state index in [2.05, 4.69) is 6.92 Å². The van der Waals surface area contributed by atoms with E-state index in [-0.39, 0.29) is 21.5 Å². The van der Waals surface area contributed by atoms with Crippen LogP contribution >= 0.6 is 0 Å². The SMILES string of the molecule is CCCC[O][V](=[O])(=[O])([CH2]CCC)([CH2]CCC)[CH2]CCC.N. The molecule has 0 aromatic heterocycles. The summed E-state index contributed by atoms with van der Waals surface area (Å²) in [5.41, 5.74) is 0. The van der Waals surface area contributed by atoms with Crippen LogP contribution in [0.15, 0.2) is 0 Å². The van der Waals surface area contributed by atoms with Gasteiger partial charge in [-0.15, -0.1) is 0 Å². The largest absolute Gasteiger partial charge is 0.344 e. The zero-order valence-corrected chi connectivity index (χ0v) is 16.3. The van der Waals surface area contributed by atoms with E-state index >= 15 is 0 Å². The van der Waals surface area contributed by atoms with Gasteiger partial charge in [-0.25, -0.2) is 0 Å². The van der Waals surface area contributed by atoms with Gasteiger partial charge in [-0.3, -0.25) is 0 Å². The van der Waals surface area contributed by atoms with Gasteiger partial charge in [-0.1, -0.05) is 0 Å². The molecular formula is C16H39NO3V. The van der Waals surface area contributed by atoms with E-state index in [0.29, 0.717) is 6.61 Å². The molecule has 0 saturated heterocycles. The molecule has 131 valence electrons. The molecule has 0 heterocycles. The number of hydrogen-bond donors (Lipinski definition) is 1. The minimum absolute atomic E-state index is 0. The Morgan fingerprint density at radius 1 is 0.667 bits per heavy atom. The average Bonchev–Trinajstić information content (AvgIpc) is 2.43. The quantitative estimate of drug-likeness (QED) is 0.389. The van der Waals surface area contributed by atoms with E-state index in [4.69, 9.17) is 3.66 Å². The zero-order chi connectivity index (χ0) is 15.6. The molecule has 0 aromatic rings. The van der Waals surface area contributed by atoms with Crippen molar-refractivity contribution in [1.82, 2.24) is 6.15 Å². The van der Waals surface area contributed by atoms with E-state index in [1.54, 1.807) is 0 Å². The first kappa shape index (κ1) is 23.4. The standard InChI is InChI=1S/C4H9O.3C4H9.H3N.2O.V/c1-2-3-4-5;3*1-3-4-2;;;;/h2-4H2,1H3;3*1,3-4H2,2H3;1H3;;;/q-1;;;;;;;+1. The van der Waals surface area contributed by atoms with Crippen LogP contribution in [0.25, 0.3) is 0 Å². The van der Waals surface area contributed by atoms with Crippen molar-refractivity contribution < 1.29 is 23.0 Å². The molecule has 0 aliphatic carbocycles. The fraction of sp³-hybridized carbons (Fsp3) is 1.00. The van der Waals surface area contributed by atoms with Crippen molar-refractivity contribution in [1.29, 1.82) is 0 Å². The van der Waals surface area contributed by atoms with Crippen LogP contribution in [0.5, 0.6) is 0 Å². The predicted octanol–water partition coefficient (Wildman–Crippen LogP) is 6.45. The molecule has 0 bridgehead atoms. The first-order chi connectivity index (χ1) is 9.30. The van der Waals surface area contributed by atoms with Gasteiger partial charge in [0.15, 0.2) is 0 Å². The summed E-state index contributed by atoms with van der Waals surface area (Å²) in [6.07, 6.45) is 6.70. The van der Waals surface area contributed by atoms with Gasteiger partial charge >= 0.3 is 124 Å². The molecule has 0 amide bonds. The van der Waals surface area contributed by atoms with Gasteiger partial charge in [-0.2, -0.15) is 0 Å². The van der Waals surface area contributed by atoms with Gasteiger partial charge in [0.25, 0.3) is 0 Å². The van der Waals surface area contributed by atoms with Crippen LogP contribution in [0.1, 0.15) is 79.1 Å². The van der Waals surface area contributed by atoms with Crippen LogP contribution < -0.4 is 6.15 Å². The second-order valence-electron chi connectivity index (χ2n) is 6.47. The van der Waals surface area contributed by atoms with Crippen LogP contribution in [0.3, 0.4) is 0 Å². The summed E-state index contributed by atoms with van der Waals surface area (Å²) < 4.78 is 33.4. The fourth-order valence-corrected chi connectivity index (χ4v) is 10.8. The molecule has 21 heavy (non-hydrogen) atoms. The van der Waals surface area contributed by atoms with Gasteiger partial charge < -0.3 is 6.15 Å². The van der Waals surface area contributed by atoms with E-state index < -0.39 is 12.0 Å². The second kappa shape index (κ2) is 9.29. The average molecular weight is 344 g/mol. The summed E-state index contributed by atoms with van der Waals surface area (Å²) >= 11 is -5.63. The normalized spacial score (nSPS) is 15.0. The summed E-state index contributed by atoms with van der Waals surface area (Å²) in [6, 6.07) is 0. The Morgan fingerprint density at radius 3 is 1.29 bits per heavy atom. The van der Waals surface area contributed by atoms with Crippen LogP contribution in [-0.4, -0.2) is 6.61 Å². The Hall–Kier alpha value is 0.104. The summed E-state index contributed by atoms with van der Waals surface area (Å²) in [5, 5.41) is 0.803. The molecule has 0 radical (unpaired) electrons. The van der Waals surface area contributed by atoms with Gasteiger partial charge in [0.05, 0.1) is 0 Å². The van der Waals surface area contributed by atoms with Crippen LogP contribution in [0, 0.1) is 0 Å². The maximum Gasteiger partial charge on any atom is -0.344 e. The van der Waals surface area contributed by atoms with Crippen molar-refractivity contribution in [2.45, 2.75) is 94.5 Å². The molecule has 0 spiro atoms. The van der Waals surface area contributed by atoms with Crippen molar-refractivity contribution in [3.8, 4) is 0 Å². The zero-order valence-electron chi connectivity index (χ0n) is 14.9. The summed E-state index contributed by atoms with van der Waals surface area (Å²) in [4.78, 5) is 0. The summed E-state index contributed by atoms with van der Waals surface area (Å²) in [6.45, 7) is 8.58. The van der Waals surface area contributed by atoms with Gasteiger partial charge in [-0.05, 0) is 0 Å². The first-order valence-electron chi connectivity index (χ1n) is 8.61. The Balaban J connectivity index is 0. The topological polar surface area (TPSA) is 78.4 Å². The van der Waals surface area contributed by atoms with Crippen molar-refractivity contribution >= 4 is 0 Å². The minimum atomic E-state index is -5.63. The molecule has 0 atom stereocenters. The molecule has 5 heteroatoms. The smallest absolute Gasteiger partial charge is 0.344 e. The van der Waals surface area contributed by atoms with Crippen molar-refractivity contribution in [3.05, 3.63) is 0 Å². The third kappa shape index (κ3) is 7.78. The van der Waals surface area contributed by atoms with Gasteiger partial charge in [0.1, 0.15) is 0 Å². The van der Waals surface area contributed by atoms with E-state index in [1.807, 2.05) is 20.8 Å².